The van der Waals surface area contributed by atoms with Crippen LogP contribution in [-0.4, -0.2) is 44.3 Å². The van der Waals surface area contributed by atoms with Gasteiger partial charge in [-0.25, -0.2) is 9.37 Å². The first kappa shape index (κ1) is 20.8. The van der Waals surface area contributed by atoms with Crippen molar-refractivity contribution in [2.24, 2.45) is 5.73 Å². The van der Waals surface area contributed by atoms with Gasteiger partial charge >= 0.3 is 0 Å². The van der Waals surface area contributed by atoms with Gasteiger partial charge in [0, 0.05) is 41.0 Å². The summed E-state index contributed by atoms with van der Waals surface area (Å²) in [6.45, 7) is 1.59. The van der Waals surface area contributed by atoms with E-state index in [2.05, 4.69) is 37.2 Å². The third kappa shape index (κ3) is 3.42. The number of nitrogens with one attached hydrogen (secondary N) is 2. The smallest absolute Gasteiger partial charge is 0.147 e. The fourth-order valence-electron chi connectivity index (χ4n) is 4.92. The molecule has 4 heterocycles. The number of hydrogen-bond donors (Lipinski definition) is 3. The van der Waals surface area contributed by atoms with E-state index in [1.54, 1.807) is 24.5 Å². The molecule has 1 aliphatic heterocycles. The normalized spacial score (nSPS) is 14.0. The third-order valence-corrected chi connectivity index (χ3v) is 6.77. The van der Waals surface area contributed by atoms with Gasteiger partial charge in [0.2, 0.25) is 0 Å². The van der Waals surface area contributed by atoms with Gasteiger partial charge in [0.05, 0.1) is 29.3 Å². The molecule has 0 atom stereocenters. The van der Waals surface area contributed by atoms with Gasteiger partial charge in [-0.1, -0.05) is 30.3 Å². The van der Waals surface area contributed by atoms with E-state index in [-0.39, 0.29) is 11.9 Å². The van der Waals surface area contributed by atoms with E-state index in [1.165, 1.54) is 6.07 Å². The molecule has 8 heteroatoms. The molecule has 0 unspecified atom stereocenters. The predicted molar refractivity (Wildman–Crippen MR) is 140 cm³/mol. The number of H-pyrrole nitrogens is 2. The largest absolute Gasteiger partial charge is 0.353 e. The average Bonchev–Trinajstić information content (AvgIpc) is 3.50. The van der Waals surface area contributed by atoms with Gasteiger partial charge in [-0.3, -0.25) is 10.1 Å². The second-order valence-corrected chi connectivity index (χ2v) is 9.22. The molecule has 7 rings (SSSR count). The Bertz CT molecular complexity index is 1750. The molecule has 1 fully saturated rings. The van der Waals surface area contributed by atoms with Crippen molar-refractivity contribution in [3.05, 3.63) is 84.9 Å². The van der Waals surface area contributed by atoms with Gasteiger partial charge in [-0.05, 0) is 47.5 Å². The maximum atomic E-state index is 13.9. The van der Waals surface area contributed by atoms with Crippen LogP contribution >= 0.6 is 0 Å². The van der Waals surface area contributed by atoms with Crippen LogP contribution in [0.5, 0.6) is 0 Å². The Morgan fingerprint density at radius 3 is 2.64 bits per heavy atom. The third-order valence-electron chi connectivity index (χ3n) is 6.77. The highest BCUT2D eigenvalue weighted by atomic mass is 19.1. The number of fused-ring (bicyclic) bond motifs is 2. The van der Waals surface area contributed by atoms with Crippen molar-refractivity contribution < 1.29 is 4.39 Å². The van der Waals surface area contributed by atoms with Gasteiger partial charge < -0.3 is 15.6 Å². The molecule has 3 aromatic heterocycles. The molecular formula is C28H22FN7. The van der Waals surface area contributed by atoms with Crippen molar-refractivity contribution in [3.63, 3.8) is 0 Å². The molecule has 0 saturated carbocycles. The summed E-state index contributed by atoms with van der Waals surface area (Å²) in [5.74, 6) is 0.581. The van der Waals surface area contributed by atoms with Crippen LogP contribution in [0.4, 0.5) is 10.2 Å². The number of aromatic nitrogens is 5. The minimum absolute atomic E-state index is 0.193. The maximum Gasteiger partial charge on any atom is 0.147 e. The first-order chi connectivity index (χ1) is 17.6. The van der Waals surface area contributed by atoms with E-state index in [0.717, 1.165) is 74.5 Å². The molecule has 3 aromatic carbocycles. The Balaban J connectivity index is 1.31. The standard InChI is InChI=1S/C28H22FN7/c29-18-4-1-3-16(9-18)20-5-2-6-23-21(20)11-25(32-23)28-22-10-17(7-8-24(22)34-35-28)26-12-31-13-27(33-26)36-14-19(30)15-36/h1-13,19,32H,14-15,30H2,(H,34,35). The number of nitrogens with zero attached hydrogens (tertiary/aromatic N) is 4. The minimum Gasteiger partial charge on any atom is -0.353 e. The average molecular weight is 476 g/mol. The van der Waals surface area contributed by atoms with E-state index in [9.17, 15) is 4.39 Å². The monoisotopic (exact) mass is 475 g/mol. The van der Waals surface area contributed by atoms with Crippen LogP contribution in [0.1, 0.15) is 0 Å². The van der Waals surface area contributed by atoms with Gasteiger partial charge in [0.1, 0.15) is 17.3 Å². The van der Waals surface area contributed by atoms with Gasteiger partial charge in [0.25, 0.3) is 0 Å². The lowest BCUT2D eigenvalue weighted by Crippen LogP contribution is -2.56. The molecule has 0 bridgehead atoms. The molecule has 4 N–H and O–H groups in total. The number of aromatic amines is 2. The number of halogens is 1. The minimum atomic E-state index is -0.254. The molecule has 0 amide bonds. The van der Waals surface area contributed by atoms with Crippen LogP contribution in [0.15, 0.2) is 79.1 Å². The summed E-state index contributed by atoms with van der Waals surface area (Å²) in [6.07, 6.45) is 3.55. The van der Waals surface area contributed by atoms with Gasteiger partial charge in [0.15, 0.2) is 0 Å². The van der Waals surface area contributed by atoms with Crippen LogP contribution in [0.3, 0.4) is 0 Å². The maximum absolute atomic E-state index is 13.9. The number of rotatable bonds is 4. The van der Waals surface area contributed by atoms with Crippen molar-refractivity contribution in [2.45, 2.75) is 6.04 Å². The zero-order valence-electron chi connectivity index (χ0n) is 19.2. The number of benzene rings is 3. The molecule has 1 aliphatic rings. The van der Waals surface area contributed by atoms with Crippen LogP contribution in [0.2, 0.25) is 0 Å². The quantitative estimate of drug-likeness (QED) is 0.329. The second-order valence-electron chi connectivity index (χ2n) is 9.22. The fourth-order valence-corrected chi connectivity index (χ4v) is 4.92. The summed E-state index contributed by atoms with van der Waals surface area (Å²) in [7, 11) is 0. The summed E-state index contributed by atoms with van der Waals surface area (Å²) in [5.41, 5.74) is 13.1. The highest BCUT2D eigenvalue weighted by Crippen LogP contribution is 2.35. The topological polar surface area (TPSA) is 99.5 Å². The van der Waals surface area contributed by atoms with Crippen molar-refractivity contribution in [1.29, 1.82) is 0 Å². The zero-order valence-corrected chi connectivity index (χ0v) is 19.2. The first-order valence-corrected chi connectivity index (χ1v) is 11.8. The zero-order chi connectivity index (χ0) is 24.2. The molecule has 176 valence electrons. The lowest BCUT2D eigenvalue weighted by Gasteiger charge is -2.37. The first-order valence-electron chi connectivity index (χ1n) is 11.8. The summed E-state index contributed by atoms with van der Waals surface area (Å²) in [6, 6.07) is 21.0. The summed E-state index contributed by atoms with van der Waals surface area (Å²) >= 11 is 0. The lowest BCUT2D eigenvalue weighted by molar-refractivity contribution is 0.514. The predicted octanol–water partition coefficient (Wildman–Crippen LogP) is 5.12. The SMILES string of the molecule is NC1CN(c2cncc(-c3ccc4[nH]nc(-c5cc6c(-c7cccc(F)c7)cccc6[nH]5)c4c3)n2)C1. The Labute approximate surface area is 205 Å². The Kier molecular flexibility index (Phi) is 4.62. The molecule has 0 aliphatic carbocycles. The molecule has 0 spiro atoms. The highest BCUT2D eigenvalue weighted by molar-refractivity contribution is 6.01. The van der Waals surface area contributed by atoms with E-state index >= 15 is 0 Å². The van der Waals surface area contributed by atoms with Crippen molar-refractivity contribution >= 4 is 27.6 Å². The van der Waals surface area contributed by atoms with Crippen molar-refractivity contribution in [2.75, 3.05) is 18.0 Å². The van der Waals surface area contributed by atoms with E-state index in [1.807, 2.05) is 36.4 Å². The molecule has 6 aromatic rings. The van der Waals surface area contributed by atoms with Crippen LogP contribution in [-0.2, 0) is 0 Å². The molecule has 36 heavy (non-hydrogen) atoms. The van der Waals surface area contributed by atoms with Crippen LogP contribution in [0.25, 0.3) is 55.6 Å². The highest BCUT2D eigenvalue weighted by Gasteiger charge is 2.24. The summed E-state index contributed by atoms with van der Waals surface area (Å²) < 4.78 is 13.9. The number of anilines is 1. The molecular weight excluding hydrogens is 453 g/mol. The van der Waals surface area contributed by atoms with E-state index < -0.39 is 0 Å². The fraction of sp³-hybridized carbons (Fsp3) is 0.107. The van der Waals surface area contributed by atoms with E-state index in [4.69, 9.17) is 10.7 Å². The number of hydrogen-bond acceptors (Lipinski definition) is 5. The Morgan fingerprint density at radius 1 is 0.889 bits per heavy atom. The van der Waals surface area contributed by atoms with Gasteiger partial charge in [-0.15, -0.1) is 0 Å². The lowest BCUT2D eigenvalue weighted by atomic mass is 10.0. The Hall–Kier alpha value is -4.56. The van der Waals surface area contributed by atoms with E-state index in [0.29, 0.717) is 0 Å². The summed E-state index contributed by atoms with van der Waals surface area (Å²) in [4.78, 5) is 14.9. The molecule has 0 radical (unpaired) electrons. The van der Waals surface area contributed by atoms with Crippen molar-refractivity contribution in [1.82, 2.24) is 25.1 Å². The van der Waals surface area contributed by atoms with Gasteiger partial charge in [-0.2, -0.15) is 5.10 Å². The molecule has 7 nitrogen and oxygen atoms in total. The molecule has 1 saturated heterocycles. The summed E-state index contributed by atoms with van der Waals surface area (Å²) in [5, 5.41) is 9.74. The second kappa shape index (κ2) is 8.00. The van der Waals surface area contributed by atoms with Crippen molar-refractivity contribution in [3.8, 4) is 33.8 Å². The van der Waals surface area contributed by atoms with Crippen LogP contribution in [0, 0.1) is 5.82 Å². The number of nitrogens with two attached hydrogens (primary N) is 1. The Morgan fingerprint density at radius 2 is 1.78 bits per heavy atom. The van der Waals surface area contributed by atoms with Crippen LogP contribution < -0.4 is 10.6 Å².